The van der Waals surface area contributed by atoms with Crippen LogP contribution in [0.5, 0.6) is 0 Å². The highest BCUT2D eigenvalue weighted by atomic mass is 35.5. The van der Waals surface area contributed by atoms with Gasteiger partial charge in [-0.3, -0.25) is 0 Å². The second kappa shape index (κ2) is 5.41. The number of hydrogen-bond donors (Lipinski definition) is 2. The van der Waals surface area contributed by atoms with Crippen molar-refractivity contribution in [3.05, 3.63) is 37.7 Å². The molecule has 0 aliphatic rings. The zero-order valence-electron chi connectivity index (χ0n) is 10.5. The van der Waals surface area contributed by atoms with Crippen LogP contribution in [0.25, 0.3) is 11.0 Å². The van der Waals surface area contributed by atoms with E-state index in [4.69, 9.17) is 32.7 Å². The number of fused-ring (bicyclic) bond motifs is 1. The van der Waals surface area contributed by atoms with Crippen molar-refractivity contribution in [1.29, 1.82) is 0 Å². The smallest absolute Gasteiger partial charge is 0.357 e. The molecule has 0 atom stereocenters. The molecule has 2 N–H and O–H groups in total. The Bertz CT molecular complexity index is 695. The average Bonchev–Trinajstić information content (AvgIpc) is 2.37. The molecule has 0 radical (unpaired) electrons. The van der Waals surface area contributed by atoms with Gasteiger partial charge in [0, 0.05) is 17.0 Å². The second-order valence-corrected chi connectivity index (χ2v) is 4.99. The van der Waals surface area contributed by atoms with Gasteiger partial charge in [0.25, 0.3) is 0 Å². The minimum atomic E-state index is -0.615. The molecule has 0 amide bonds. The summed E-state index contributed by atoms with van der Waals surface area (Å²) < 4.78 is 5.18. The van der Waals surface area contributed by atoms with E-state index < -0.39 is 5.63 Å². The summed E-state index contributed by atoms with van der Waals surface area (Å²) in [7, 11) is 0. The Labute approximate surface area is 119 Å². The normalized spacial score (nSPS) is 11.0. The van der Waals surface area contributed by atoms with E-state index in [0.717, 1.165) is 11.1 Å². The fourth-order valence-corrected chi connectivity index (χ4v) is 2.37. The Morgan fingerprint density at radius 3 is 2.63 bits per heavy atom. The molecule has 1 aromatic heterocycles. The Balaban J connectivity index is 2.86. The summed E-state index contributed by atoms with van der Waals surface area (Å²) >= 11 is 12.2. The van der Waals surface area contributed by atoms with Crippen molar-refractivity contribution in [1.82, 2.24) is 0 Å². The summed E-state index contributed by atoms with van der Waals surface area (Å²) in [5, 5.41) is 13.1. The molecule has 0 aliphatic carbocycles. The first-order chi connectivity index (χ1) is 8.97. The monoisotopic (exact) mass is 301 g/mol. The number of aryl methyl sites for hydroxylation is 2. The third-order valence-corrected chi connectivity index (χ3v) is 3.83. The van der Waals surface area contributed by atoms with Gasteiger partial charge in [-0.15, -0.1) is 0 Å². The highest BCUT2D eigenvalue weighted by molar-refractivity contribution is 6.36. The maximum atomic E-state index is 11.7. The number of aliphatic hydroxyl groups is 1. The van der Waals surface area contributed by atoms with Gasteiger partial charge < -0.3 is 14.8 Å². The van der Waals surface area contributed by atoms with Crippen molar-refractivity contribution in [2.24, 2.45) is 0 Å². The molecule has 19 heavy (non-hydrogen) atoms. The number of nitrogens with one attached hydrogen (secondary N) is 1. The Morgan fingerprint density at radius 2 is 2.00 bits per heavy atom. The fraction of sp³-hybridized carbons (Fsp3) is 0.308. The van der Waals surface area contributed by atoms with Crippen LogP contribution >= 0.6 is 23.2 Å². The molecule has 0 fully saturated rings. The number of aliphatic hydroxyl groups excluding tert-OH is 1. The molecular formula is C13H13Cl2NO3. The fourth-order valence-electron chi connectivity index (χ4n) is 2.02. The van der Waals surface area contributed by atoms with E-state index in [-0.39, 0.29) is 18.2 Å². The predicted octanol–water partition coefficient (Wildman–Crippen LogP) is 3.12. The first-order valence-electron chi connectivity index (χ1n) is 5.74. The summed E-state index contributed by atoms with van der Waals surface area (Å²) in [6.45, 7) is 3.88. The molecule has 0 unspecified atom stereocenters. The molecule has 0 aliphatic heterocycles. The van der Waals surface area contributed by atoms with Gasteiger partial charge in [0.15, 0.2) is 0 Å². The van der Waals surface area contributed by atoms with Crippen LogP contribution in [0.1, 0.15) is 11.1 Å². The van der Waals surface area contributed by atoms with Crippen LogP contribution < -0.4 is 10.9 Å². The Hall–Kier alpha value is -1.23. The molecule has 0 saturated carbocycles. The third-order valence-electron chi connectivity index (χ3n) is 2.91. The lowest BCUT2D eigenvalue weighted by Gasteiger charge is -2.13. The summed E-state index contributed by atoms with van der Waals surface area (Å²) in [6.07, 6.45) is 0. The first kappa shape index (κ1) is 14.2. The average molecular weight is 302 g/mol. The van der Waals surface area contributed by atoms with Crippen LogP contribution in [-0.2, 0) is 0 Å². The number of benzene rings is 1. The molecule has 102 valence electrons. The van der Waals surface area contributed by atoms with Gasteiger partial charge in [0.1, 0.15) is 10.6 Å². The predicted molar refractivity (Wildman–Crippen MR) is 77.6 cm³/mol. The van der Waals surface area contributed by atoms with Gasteiger partial charge in [0.2, 0.25) is 0 Å². The lowest BCUT2D eigenvalue weighted by atomic mass is 10.1. The molecule has 6 heteroatoms. The van der Waals surface area contributed by atoms with Crippen molar-refractivity contribution in [3.63, 3.8) is 0 Å². The second-order valence-electron chi connectivity index (χ2n) is 4.23. The molecule has 2 rings (SSSR count). The quantitative estimate of drug-likeness (QED) is 0.855. The largest absolute Gasteiger partial charge is 0.421 e. The van der Waals surface area contributed by atoms with E-state index in [2.05, 4.69) is 5.32 Å². The van der Waals surface area contributed by atoms with Gasteiger partial charge in [-0.05, 0) is 31.0 Å². The molecule has 0 spiro atoms. The maximum Gasteiger partial charge on any atom is 0.357 e. The molecule has 1 heterocycles. The number of rotatable bonds is 3. The first-order valence-corrected chi connectivity index (χ1v) is 6.49. The SMILES string of the molecule is Cc1cc2oc(=O)c(Cl)c(NCCO)c2c(C)c1Cl. The number of hydrogen-bond acceptors (Lipinski definition) is 4. The third kappa shape index (κ3) is 2.43. The van der Waals surface area contributed by atoms with Gasteiger partial charge in [-0.25, -0.2) is 4.79 Å². The van der Waals surface area contributed by atoms with Gasteiger partial charge >= 0.3 is 5.63 Å². The molecule has 0 saturated heterocycles. The van der Waals surface area contributed by atoms with Crippen LogP contribution in [0, 0.1) is 13.8 Å². The van der Waals surface area contributed by atoms with E-state index in [1.165, 1.54) is 0 Å². The van der Waals surface area contributed by atoms with Crippen LogP contribution in [-0.4, -0.2) is 18.3 Å². The minimum absolute atomic E-state index is 0.0380. The van der Waals surface area contributed by atoms with Crippen molar-refractivity contribution < 1.29 is 9.52 Å². The van der Waals surface area contributed by atoms with Gasteiger partial charge in [0.05, 0.1) is 12.3 Å². The van der Waals surface area contributed by atoms with Gasteiger partial charge in [-0.2, -0.15) is 0 Å². The van der Waals surface area contributed by atoms with E-state index >= 15 is 0 Å². The summed E-state index contributed by atoms with van der Waals surface area (Å²) in [6, 6.07) is 1.70. The summed E-state index contributed by atoms with van der Waals surface area (Å²) in [5.74, 6) is 0. The van der Waals surface area contributed by atoms with Gasteiger partial charge in [-0.1, -0.05) is 23.2 Å². The van der Waals surface area contributed by atoms with E-state index in [1.54, 1.807) is 6.07 Å². The van der Waals surface area contributed by atoms with Crippen LogP contribution in [0.15, 0.2) is 15.3 Å². The van der Waals surface area contributed by atoms with E-state index in [1.807, 2.05) is 13.8 Å². The Kier molecular flexibility index (Phi) is 4.04. The highest BCUT2D eigenvalue weighted by Crippen LogP contribution is 2.35. The van der Waals surface area contributed by atoms with Crippen molar-refractivity contribution >= 4 is 39.9 Å². The van der Waals surface area contributed by atoms with Crippen molar-refractivity contribution in [2.75, 3.05) is 18.5 Å². The topological polar surface area (TPSA) is 62.5 Å². The zero-order valence-corrected chi connectivity index (χ0v) is 12.0. The number of anilines is 1. The lowest BCUT2D eigenvalue weighted by molar-refractivity contribution is 0.311. The van der Waals surface area contributed by atoms with E-state index in [9.17, 15) is 4.79 Å². The van der Waals surface area contributed by atoms with Crippen molar-refractivity contribution in [2.45, 2.75) is 13.8 Å². The molecule has 4 nitrogen and oxygen atoms in total. The summed E-state index contributed by atoms with van der Waals surface area (Å²) in [4.78, 5) is 11.7. The Morgan fingerprint density at radius 1 is 1.32 bits per heavy atom. The maximum absolute atomic E-state index is 11.7. The minimum Gasteiger partial charge on any atom is -0.421 e. The van der Waals surface area contributed by atoms with Crippen LogP contribution in [0.2, 0.25) is 10.0 Å². The van der Waals surface area contributed by atoms with Crippen molar-refractivity contribution in [3.8, 4) is 0 Å². The molecular weight excluding hydrogens is 289 g/mol. The highest BCUT2D eigenvalue weighted by Gasteiger charge is 2.17. The zero-order chi connectivity index (χ0) is 14.2. The number of halogens is 2. The summed E-state index contributed by atoms with van der Waals surface area (Å²) in [5.41, 5.74) is 1.86. The molecule has 1 aromatic carbocycles. The van der Waals surface area contributed by atoms with E-state index in [0.29, 0.717) is 21.7 Å². The lowest BCUT2D eigenvalue weighted by Crippen LogP contribution is -2.11. The standard InChI is InChI=1S/C13H13Cl2NO3/c1-6-5-8-9(7(2)10(6)14)12(16-3-4-17)11(15)13(18)19-8/h5,16-17H,3-4H2,1-2H3. The van der Waals surface area contributed by atoms with Crippen LogP contribution in [0.3, 0.4) is 0 Å². The molecule has 0 bridgehead atoms. The molecule has 2 aromatic rings. The van der Waals surface area contributed by atoms with Crippen LogP contribution in [0.4, 0.5) is 5.69 Å².